The van der Waals surface area contributed by atoms with Crippen molar-refractivity contribution in [2.45, 2.75) is 0 Å². The normalized spacial score (nSPS) is 11.6. The minimum absolute atomic E-state index is 0.892. The molecule has 11 aromatic rings. The zero-order chi connectivity index (χ0) is 36.3. The van der Waals surface area contributed by atoms with Gasteiger partial charge in [-0.15, -0.1) is 0 Å². The number of hydrogen-bond acceptors (Lipinski definition) is 1. The molecular formula is C54H34O. The van der Waals surface area contributed by atoms with Gasteiger partial charge in [-0.25, -0.2) is 0 Å². The van der Waals surface area contributed by atoms with Crippen LogP contribution in [0.2, 0.25) is 0 Å². The summed E-state index contributed by atoms with van der Waals surface area (Å²) < 4.78 is 6.46. The van der Waals surface area contributed by atoms with Crippen molar-refractivity contribution in [2.24, 2.45) is 0 Å². The Bertz CT molecular complexity index is 3200. The molecule has 10 aromatic carbocycles. The minimum atomic E-state index is 0.892. The molecule has 0 atom stereocenters. The molecule has 0 aliphatic carbocycles. The predicted molar refractivity (Wildman–Crippen MR) is 233 cm³/mol. The third-order valence-corrected chi connectivity index (χ3v) is 11.2. The van der Waals surface area contributed by atoms with Crippen LogP contribution in [0.25, 0.3) is 110 Å². The summed E-state index contributed by atoms with van der Waals surface area (Å²) in [6.45, 7) is 0. The lowest BCUT2D eigenvalue weighted by Crippen LogP contribution is -1.92. The number of fused-ring (bicyclic) bond motifs is 6. The lowest BCUT2D eigenvalue weighted by atomic mass is 9.83. The van der Waals surface area contributed by atoms with E-state index in [1.54, 1.807) is 0 Å². The maximum absolute atomic E-state index is 6.46. The van der Waals surface area contributed by atoms with E-state index in [1.165, 1.54) is 88.0 Å². The highest BCUT2D eigenvalue weighted by molar-refractivity contribution is 6.23. The lowest BCUT2D eigenvalue weighted by molar-refractivity contribution is 0.669. The third-order valence-electron chi connectivity index (χ3n) is 11.2. The van der Waals surface area contributed by atoms with Crippen molar-refractivity contribution in [2.75, 3.05) is 0 Å². The van der Waals surface area contributed by atoms with E-state index in [-0.39, 0.29) is 0 Å². The summed E-state index contributed by atoms with van der Waals surface area (Å²) in [5.41, 5.74) is 13.9. The van der Waals surface area contributed by atoms with E-state index in [1.807, 2.05) is 0 Å². The van der Waals surface area contributed by atoms with Crippen LogP contribution < -0.4 is 0 Å². The van der Waals surface area contributed by atoms with Gasteiger partial charge in [-0.05, 0) is 124 Å². The Morgan fingerprint density at radius 1 is 0.236 bits per heavy atom. The fourth-order valence-electron chi connectivity index (χ4n) is 8.66. The Labute approximate surface area is 319 Å². The van der Waals surface area contributed by atoms with E-state index in [0.29, 0.717) is 0 Å². The number of benzene rings is 10. The molecular weight excluding hydrogens is 665 g/mol. The molecule has 1 heterocycles. The van der Waals surface area contributed by atoms with Gasteiger partial charge in [0.2, 0.25) is 0 Å². The first-order chi connectivity index (χ1) is 27.3. The van der Waals surface area contributed by atoms with E-state index < -0.39 is 0 Å². The van der Waals surface area contributed by atoms with Crippen LogP contribution in [0.3, 0.4) is 0 Å². The largest absolute Gasteiger partial charge is 0.456 e. The molecule has 0 saturated carbocycles. The Morgan fingerprint density at radius 3 is 1.44 bits per heavy atom. The molecule has 0 fully saturated rings. The maximum atomic E-state index is 6.46. The van der Waals surface area contributed by atoms with Gasteiger partial charge in [-0.3, -0.25) is 0 Å². The molecule has 1 nitrogen and oxygen atoms in total. The van der Waals surface area contributed by atoms with Gasteiger partial charge in [-0.1, -0.05) is 170 Å². The van der Waals surface area contributed by atoms with Gasteiger partial charge in [0.05, 0.1) is 0 Å². The van der Waals surface area contributed by atoms with E-state index in [2.05, 4.69) is 206 Å². The van der Waals surface area contributed by atoms with Gasteiger partial charge in [0.25, 0.3) is 0 Å². The molecule has 11 rings (SSSR count). The average molecular weight is 699 g/mol. The summed E-state index contributed by atoms with van der Waals surface area (Å²) in [4.78, 5) is 0. The summed E-state index contributed by atoms with van der Waals surface area (Å²) in [5.74, 6) is 0. The zero-order valence-electron chi connectivity index (χ0n) is 30.0. The van der Waals surface area contributed by atoms with Crippen LogP contribution in [0, 0.1) is 0 Å². The third kappa shape index (κ3) is 5.24. The molecule has 0 unspecified atom stereocenters. The monoisotopic (exact) mass is 698 g/mol. The van der Waals surface area contributed by atoms with E-state index in [9.17, 15) is 0 Å². The highest BCUT2D eigenvalue weighted by Crippen LogP contribution is 2.47. The summed E-state index contributed by atoms with van der Waals surface area (Å²) in [6, 6.07) is 74.8. The fourth-order valence-corrected chi connectivity index (χ4v) is 8.66. The molecule has 256 valence electrons. The Kier molecular flexibility index (Phi) is 7.25. The molecule has 0 aliphatic rings. The number of hydrogen-bond donors (Lipinski definition) is 0. The molecule has 0 amide bonds. The Hall–Kier alpha value is -7.22. The molecule has 0 radical (unpaired) electrons. The van der Waals surface area contributed by atoms with Crippen molar-refractivity contribution in [3.05, 3.63) is 206 Å². The van der Waals surface area contributed by atoms with Gasteiger partial charge in [0.15, 0.2) is 0 Å². The van der Waals surface area contributed by atoms with Crippen molar-refractivity contribution in [3.63, 3.8) is 0 Å². The van der Waals surface area contributed by atoms with Crippen molar-refractivity contribution >= 4 is 54.3 Å². The van der Waals surface area contributed by atoms with E-state index >= 15 is 0 Å². The van der Waals surface area contributed by atoms with Crippen molar-refractivity contribution in [1.29, 1.82) is 0 Å². The minimum Gasteiger partial charge on any atom is -0.456 e. The number of furan rings is 1. The molecule has 0 bridgehead atoms. The van der Waals surface area contributed by atoms with Gasteiger partial charge in [0.1, 0.15) is 11.2 Å². The zero-order valence-corrected chi connectivity index (χ0v) is 30.0. The van der Waals surface area contributed by atoms with Gasteiger partial charge in [-0.2, -0.15) is 0 Å². The summed E-state index contributed by atoms with van der Waals surface area (Å²) in [7, 11) is 0. The van der Waals surface area contributed by atoms with Gasteiger partial charge in [0, 0.05) is 10.8 Å². The first-order valence-corrected chi connectivity index (χ1v) is 18.9. The van der Waals surface area contributed by atoms with Crippen LogP contribution in [0.15, 0.2) is 211 Å². The van der Waals surface area contributed by atoms with Gasteiger partial charge < -0.3 is 4.42 Å². The molecule has 0 spiro atoms. The van der Waals surface area contributed by atoms with E-state index in [0.717, 1.165) is 21.9 Å². The van der Waals surface area contributed by atoms with Crippen molar-refractivity contribution < 1.29 is 4.42 Å². The highest BCUT2D eigenvalue weighted by atomic mass is 16.3. The second-order valence-corrected chi connectivity index (χ2v) is 14.4. The van der Waals surface area contributed by atoms with Gasteiger partial charge >= 0.3 is 0 Å². The van der Waals surface area contributed by atoms with Crippen LogP contribution in [-0.2, 0) is 0 Å². The van der Waals surface area contributed by atoms with Crippen LogP contribution >= 0.6 is 0 Å². The first-order valence-electron chi connectivity index (χ1n) is 18.9. The topological polar surface area (TPSA) is 13.1 Å². The maximum Gasteiger partial charge on any atom is 0.135 e. The second kappa shape index (κ2) is 12.7. The fraction of sp³-hybridized carbons (Fsp3) is 0. The average Bonchev–Trinajstić information content (AvgIpc) is 3.63. The molecule has 0 saturated heterocycles. The summed E-state index contributed by atoms with van der Waals surface area (Å²) in [6.07, 6.45) is 0. The van der Waals surface area contributed by atoms with Crippen LogP contribution in [0.4, 0.5) is 0 Å². The Balaban J connectivity index is 1.10. The smallest absolute Gasteiger partial charge is 0.135 e. The highest BCUT2D eigenvalue weighted by Gasteiger charge is 2.20. The predicted octanol–water partition coefficient (Wildman–Crippen LogP) is 15.4. The molecule has 55 heavy (non-hydrogen) atoms. The SMILES string of the molecule is c1ccc(-c2cccc(-c3ccc4oc5ccc(-c6c7ccccc7c(-c7ccccc7-c7ccc8ccccc8c7)c7ccccc67)cc5c4c3)c2)cc1. The summed E-state index contributed by atoms with van der Waals surface area (Å²) >= 11 is 0. The van der Waals surface area contributed by atoms with Crippen LogP contribution in [0.1, 0.15) is 0 Å². The number of rotatable bonds is 5. The van der Waals surface area contributed by atoms with Crippen molar-refractivity contribution in [1.82, 2.24) is 0 Å². The first kappa shape index (κ1) is 31.3. The quantitative estimate of drug-likeness (QED) is 0.163. The van der Waals surface area contributed by atoms with E-state index in [4.69, 9.17) is 4.42 Å². The van der Waals surface area contributed by atoms with Crippen LogP contribution in [0.5, 0.6) is 0 Å². The second-order valence-electron chi connectivity index (χ2n) is 14.4. The molecule has 1 heteroatoms. The van der Waals surface area contributed by atoms with Crippen LogP contribution in [-0.4, -0.2) is 0 Å². The standard InChI is InChI=1S/C54H34O/c1-2-13-35(14-3-1)38-17-12-18-39(31-38)40-27-29-51-49(33-40)50-34-42(28-30-52(50)55-51)53-45-21-8-10-23-47(45)54(48-24-11-9-22-46(48)53)44-20-7-6-19-43(44)41-26-25-36-15-4-5-16-37(36)32-41/h1-34H. The molecule has 1 aromatic heterocycles. The molecule has 0 N–H and O–H groups in total. The van der Waals surface area contributed by atoms with Crippen molar-refractivity contribution in [3.8, 4) is 55.6 Å². The molecule has 0 aliphatic heterocycles. The summed E-state index contributed by atoms with van der Waals surface area (Å²) in [5, 5.41) is 9.67. The lowest BCUT2D eigenvalue weighted by Gasteiger charge is -2.20. The Morgan fingerprint density at radius 2 is 0.727 bits per heavy atom.